The molecule has 4 heteroatoms. The van der Waals surface area contributed by atoms with Crippen LogP contribution in [0, 0.1) is 0 Å². The molecule has 1 heterocycles. The zero-order valence-electron chi connectivity index (χ0n) is 7.74. The number of nitrogens with one attached hydrogen (secondary N) is 1. The highest BCUT2D eigenvalue weighted by molar-refractivity contribution is 5.29. The maximum absolute atomic E-state index is 5.38. The normalized spacial score (nSPS) is 9.92. The van der Waals surface area contributed by atoms with Gasteiger partial charge in [0.25, 0.3) is 0 Å². The van der Waals surface area contributed by atoms with Crippen molar-refractivity contribution in [2.45, 2.75) is 19.3 Å². The summed E-state index contributed by atoms with van der Waals surface area (Å²) in [6.45, 7) is 1.73. The van der Waals surface area contributed by atoms with Gasteiger partial charge in [0, 0.05) is 18.9 Å². The lowest BCUT2D eigenvalue weighted by Gasteiger charge is -2.03. The number of anilines is 1. The molecule has 0 bridgehead atoms. The maximum Gasteiger partial charge on any atom is 0.144 e. The van der Waals surface area contributed by atoms with Gasteiger partial charge in [0.15, 0.2) is 0 Å². The highest BCUT2D eigenvalue weighted by Gasteiger charge is 1.91. The predicted octanol–water partition coefficient (Wildman–Crippen LogP) is 1.02. The largest absolute Gasteiger partial charge is 0.369 e. The third-order valence-corrected chi connectivity index (χ3v) is 1.75. The number of rotatable bonds is 6. The number of hydrogen-bond acceptors (Lipinski definition) is 4. The monoisotopic (exact) mass is 180 g/mol. The van der Waals surface area contributed by atoms with Crippen LogP contribution in [0.15, 0.2) is 18.6 Å². The molecule has 0 aliphatic heterocycles. The van der Waals surface area contributed by atoms with Gasteiger partial charge in [-0.1, -0.05) is 6.42 Å². The summed E-state index contributed by atoms with van der Waals surface area (Å²) in [4.78, 5) is 8.05. The first kappa shape index (κ1) is 9.92. The highest BCUT2D eigenvalue weighted by Crippen LogP contribution is 1.99. The molecule has 4 nitrogen and oxygen atoms in total. The number of hydrogen-bond donors (Lipinski definition) is 2. The van der Waals surface area contributed by atoms with E-state index in [1.165, 1.54) is 6.42 Å². The Morgan fingerprint density at radius 1 is 1.23 bits per heavy atom. The molecule has 0 aromatic carbocycles. The lowest BCUT2D eigenvalue weighted by Crippen LogP contribution is -2.05. The number of nitrogens with zero attached hydrogens (tertiary/aromatic N) is 2. The molecule has 0 saturated heterocycles. The van der Waals surface area contributed by atoms with E-state index in [0.29, 0.717) is 0 Å². The second kappa shape index (κ2) is 6.37. The molecule has 3 N–H and O–H groups in total. The standard InChI is InChI=1S/C9H16N4/c10-4-2-1-3-5-12-9-8-11-6-7-13-9/h6-8H,1-5,10H2,(H,12,13). The highest BCUT2D eigenvalue weighted by atomic mass is 15.0. The molecule has 0 radical (unpaired) electrons. The second-order valence-electron chi connectivity index (χ2n) is 2.87. The molecule has 0 spiro atoms. The average molecular weight is 180 g/mol. The topological polar surface area (TPSA) is 63.8 Å². The summed E-state index contributed by atoms with van der Waals surface area (Å²) in [5, 5.41) is 3.19. The van der Waals surface area contributed by atoms with Gasteiger partial charge in [0.05, 0.1) is 6.20 Å². The Hall–Kier alpha value is -1.16. The molecule has 13 heavy (non-hydrogen) atoms. The molecule has 0 atom stereocenters. The van der Waals surface area contributed by atoms with Crippen LogP contribution < -0.4 is 11.1 Å². The summed E-state index contributed by atoms with van der Waals surface area (Å²) in [6, 6.07) is 0. The van der Waals surface area contributed by atoms with Crippen LogP contribution in [0.3, 0.4) is 0 Å². The fraction of sp³-hybridized carbons (Fsp3) is 0.556. The summed E-state index contributed by atoms with van der Waals surface area (Å²) < 4.78 is 0. The van der Waals surface area contributed by atoms with Gasteiger partial charge < -0.3 is 11.1 Å². The first-order valence-electron chi connectivity index (χ1n) is 4.63. The Labute approximate surface area is 78.6 Å². The van der Waals surface area contributed by atoms with Crippen molar-refractivity contribution in [2.24, 2.45) is 5.73 Å². The lowest BCUT2D eigenvalue weighted by molar-refractivity contribution is 0.706. The molecular weight excluding hydrogens is 164 g/mol. The van der Waals surface area contributed by atoms with E-state index in [-0.39, 0.29) is 0 Å². The van der Waals surface area contributed by atoms with Crippen molar-refractivity contribution >= 4 is 5.82 Å². The third-order valence-electron chi connectivity index (χ3n) is 1.75. The van der Waals surface area contributed by atoms with Gasteiger partial charge in [0.2, 0.25) is 0 Å². The smallest absolute Gasteiger partial charge is 0.144 e. The first-order chi connectivity index (χ1) is 6.43. The molecule has 1 rings (SSSR count). The zero-order chi connectivity index (χ0) is 9.36. The summed E-state index contributed by atoms with van der Waals surface area (Å²) in [5.74, 6) is 0.843. The van der Waals surface area contributed by atoms with Crippen molar-refractivity contribution in [1.82, 2.24) is 9.97 Å². The van der Waals surface area contributed by atoms with Crippen LogP contribution in [0.25, 0.3) is 0 Å². The van der Waals surface area contributed by atoms with E-state index in [1.807, 2.05) is 0 Å². The summed E-state index contributed by atoms with van der Waals surface area (Å²) in [6.07, 6.45) is 8.48. The summed E-state index contributed by atoms with van der Waals surface area (Å²) >= 11 is 0. The van der Waals surface area contributed by atoms with Crippen LogP contribution in [-0.4, -0.2) is 23.1 Å². The molecule has 0 fully saturated rings. The van der Waals surface area contributed by atoms with Gasteiger partial charge in [0.1, 0.15) is 5.82 Å². The van der Waals surface area contributed by atoms with Crippen LogP contribution in [0.4, 0.5) is 5.82 Å². The van der Waals surface area contributed by atoms with Gasteiger partial charge in [-0.3, -0.25) is 4.98 Å². The molecule has 0 amide bonds. The maximum atomic E-state index is 5.38. The molecule has 1 aromatic heterocycles. The van der Waals surface area contributed by atoms with Crippen LogP contribution in [0.2, 0.25) is 0 Å². The first-order valence-corrected chi connectivity index (χ1v) is 4.63. The van der Waals surface area contributed by atoms with Crippen molar-refractivity contribution < 1.29 is 0 Å². The average Bonchev–Trinajstić information content (AvgIpc) is 2.19. The van der Waals surface area contributed by atoms with E-state index in [4.69, 9.17) is 5.73 Å². The number of unbranched alkanes of at least 4 members (excludes halogenated alkanes) is 2. The van der Waals surface area contributed by atoms with Crippen LogP contribution >= 0.6 is 0 Å². The van der Waals surface area contributed by atoms with E-state index >= 15 is 0 Å². The van der Waals surface area contributed by atoms with Gasteiger partial charge in [-0.25, -0.2) is 4.98 Å². The molecular formula is C9H16N4. The van der Waals surface area contributed by atoms with Gasteiger partial charge in [-0.05, 0) is 19.4 Å². The van der Waals surface area contributed by atoms with E-state index in [0.717, 1.165) is 31.7 Å². The molecule has 0 unspecified atom stereocenters. The Bertz CT molecular complexity index is 212. The number of nitrogens with two attached hydrogens (primary N) is 1. The zero-order valence-corrected chi connectivity index (χ0v) is 7.74. The second-order valence-corrected chi connectivity index (χ2v) is 2.87. The molecule has 0 saturated carbocycles. The third kappa shape index (κ3) is 4.42. The van der Waals surface area contributed by atoms with Gasteiger partial charge in [-0.2, -0.15) is 0 Å². The van der Waals surface area contributed by atoms with Gasteiger partial charge in [-0.15, -0.1) is 0 Å². The molecule has 0 aliphatic carbocycles. The van der Waals surface area contributed by atoms with E-state index in [1.54, 1.807) is 18.6 Å². The van der Waals surface area contributed by atoms with Crippen molar-refractivity contribution in [3.05, 3.63) is 18.6 Å². The number of aromatic nitrogens is 2. The van der Waals surface area contributed by atoms with E-state index in [9.17, 15) is 0 Å². The SMILES string of the molecule is NCCCCCNc1cnccn1. The minimum absolute atomic E-state index is 0.783. The van der Waals surface area contributed by atoms with Crippen molar-refractivity contribution in [2.75, 3.05) is 18.4 Å². The predicted molar refractivity (Wildman–Crippen MR) is 53.4 cm³/mol. The van der Waals surface area contributed by atoms with E-state index < -0.39 is 0 Å². The lowest BCUT2D eigenvalue weighted by atomic mass is 10.2. The Kier molecular flexibility index (Phi) is 4.86. The van der Waals surface area contributed by atoms with Crippen LogP contribution in [-0.2, 0) is 0 Å². The quantitative estimate of drug-likeness (QED) is 0.641. The molecule has 72 valence electrons. The Morgan fingerprint density at radius 3 is 2.85 bits per heavy atom. The van der Waals surface area contributed by atoms with Crippen molar-refractivity contribution in [1.29, 1.82) is 0 Å². The van der Waals surface area contributed by atoms with Crippen molar-refractivity contribution in [3.8, 4) is 0 Å². The summed E-state index contributed by atoms with van der Waals surface area (Å²) in [5.41, 5.74) is 5.38. The molecule has 0 aliphatic rings. The fourth-order valence-corrected chi connectivity index (χ4v) is 1.05. The summed E-state index contributed by atoms with van der Waals surface area (Å²) in [7, 11) is 0. The van der Waals surface area contributed by atoms with Crippen LogP contribution in [0.5, 0.6) is 0 Å². The minimum atomic E-state index is 0.783. The molecule has 1 aromatic rings. The van der Waals surface area contributed by atoms with Crippen molar-refractivity contribution in [3.63, 3.8) is 0 Å². The Balaban J connectivity index is 2.07. The van der Waals surface area contributed by atoms with Crippen LogP contribution in [0.1, 0.15) is 19.3 Å². The Morgan fingerprint density at radius 2 is 2.15 bits per heavy atom. The fourth-order valence-electron chi connectivity index (χ4n) is 1.05. The minimum Gasteiger partial charge on any atom is -0.369 e. The van der Waals surface area contributed by atoms with Gasteiger partial charge >= 0.3 is 0 Å². The van der Waals surface area contributed by atoms with E-state index in [2.05, 4.69) is 15.3 Å².